The molecule has 1 aromatic carbocycles. The van der Waals surface area contributed by atoms with Crippen LogP contribution in [0.2, 0.25) is 0 Å². The van der Waals surface area contributed by atoms with Crippen molar-refractivity contribution in [1.82, 2.24) is 0 Å². The van der Waals surface area contributed by atoms with Crippen LogP contribution in [0.1, 0.15) is 37.7 Å². The zero-order chi connectivity index (χ0) is 23.5. The highest BCUT2D eigenvalue weighted by Gasteiger charge is 2.51. The van der Waals surface area contributed by atoms with E-state index in [1.165, 1.54) is 0 Å². The van der Waals surface area contributed by atoms with Crippen LogP contribution in [-0.2, 0) is 20.2 Å². The van der Waals surface area contributed by atoms with Crippen LogP contribution in [0.4, 0.5) is 26.3 Å². The molecule has 0 radical (unpaired) electrons. The predicted octanol–water partition coefficient (Wildman–Crippen LogP) is 2.37. The van der Waals surface area contributed by atoms with Crippen LogP contribution in [-0.4, -0.2) is 33.5 Å². The number of benzene rings is 1. The standard InChI is InChI=1S/C15H14F6N2O6S2/c1-8-7-9(28-30(24,25)14(16,17)18)10-11(12(8)29-31(26,27)15(19,20)21)23-13(22-10)5-3-2-4-6-13/h7H,2-6H2,1H3. The van der Waals surface area contributed by atoms with Crippen LogP contribution in [0.25, 0.3) is 0 Å². The van der Waals surface area contributed by atoms with Crippen molar-refractivity contribution < 1.29 is 51.5 Å². The highest BCUT2D eigenvalue weighted by atomic mass is 32.2. The molecule has 1 fully saturated rings. The molecule has 31 heavy (non-hydrogen) atoms. The van der Waals surface area contributed by atoms with Gasteiger partial charge >= 0.3 is 31.3 Å². The third kappa shape index (κ3) is 4.31. The summed E-state index contributed by atoms with van der Waals surface area (Å²) in [6, 6.07) is 0.601. The fraction of sp³-hybridized carbons (Fsp3) is 0.600. The number of fused-ring (bicyclic) bond motifs is 1. The Morgan fingerprint density at radius 1 is 0.839 bits per heavy atom. The molecule has 0 unspecified atom stereocenters. The highest BCUT2D eigenvalue weighted by Crippen LogP contribution is 2.36. The molecule has 0 saturated heterocycles. The van der Waals surface area contributed by atoms with Gasteiger partial charge in [-0.3, -0.25) is 0 Å². The summed E-state index contributed by atoms with van der Waals surface area (Å²) in [6.45, 7) is 0.996. The number of halogens is 6. The van der Waals surface area contributed by atoms with E-state index in [0.717, 1.165) is 13.3 Å². The normalized spacial score (nSPS) is 18.8. The Balaban J connectivity index is 2.24. The lowest BCUT2D eigenvalue weighted by molar-refractivity contribution is -0.0506. The van der Waals surface area contributed by atoms with Crippen molar-refractivity contribution >= 4 is 20.2 Å². The van der Waals surface area contributed by atoms with Crippen molar-refractivity contribution in [3.8, 4) is 11.5 Å². The molecular formula is C15H14F6N2O6S2. The first kappa shape index (κ1) is 23.6. The van der Waals surface area contributed by atoms with E-state index in [0.29, 0.717) is 18.9 Å². The van der Waals surface area contributed by atoms with Gasteiger partial charge in [0, 0.05) is 0 Å². The zero-order valence-corrected chi connectivity index (χ0v) is 17.2. The van der Waals surface area contributed by atoms with Gasteiger partial charge in [-0.15, -0.1) is 0 Å². The van der Waals surface area contributed by atoms with Crippen molar-refractivity contribution in [3.05, 3.63) is 22.3 Å². The first-order chi connectivity index (χ1) is 14.0. The van der Waals surface area contributed by atoms with E-state index >= 15 is 0 Å². The maximum atomic E-state index is 12.8. The van der Waals surface area contributed by atoms with E-state index in [1.807, 2.05) is 0 Å². The molecule has 8 nitrogen and oxygen atoms in total. The molecule has 1 heterocycles. The van der Waals surface area contributed by atoms with E-state index in [4.69, 9.17) is 0 Å². The fourth-order valence-corrected chi connectivity index (χ4v) is 4.21. The van der Waals surface area contributed by atoms with Gasteiger partial charge in [0.2, 0.25) is 0 Å². The average Bonchev–Trinajstić information content (AvgIpc) is 2.96. The van der Waals surface area contributed by atoms with E-state index < -0.39 is 64.7 Å². The van der Waals surface area contributed by atoms with Crippen LogP contribution in [0.3, 0.4) is 0 Å². The summed E-state index contributed by atoms with van der Waals surface area (Å²) in [5.74, 6) is -1.87. The quantitative estimate of drug-likeness (QED) is 0.360. The van der Waals surface area contributed by atoms with Gasteiger partial charge in [-0.25, -0.2) is 9.98 Å². The molecule has 0 amide bonds. The van der Waals surface area contributed by atoms with Gasteiger partial charge < -0.3 is 8.37 Å². The Bertz CT molecular complexity index is 1230. The van der Waals surface area contributed by atoms with Crippen LogP contribution in [0.15, 0.2) is 16.1 Å². The Morgan fingerprint density at radius 2 is 1.32 bits per heavy atom. The van der Waals surface area contributed by atoms with E-state index in [1.54, 1.807) is 0 Å². The third-order valence-corrected chi connectivity index (χ3v) is 6.55. The van der Waals surface area contributed by atoms with Gasteiger partial charge in [-0.05, 0) is 44.2 Å². The Kier molecular flexibility index (Phi) is 5.48. The predicted molar refractivity (Wildman–Crippen MR) is 90.5 cm³/mol. The molecule has 1 aliphatic heterocycles. The zero-order valence-electron chi connectivity index (χ0n) is 15.5. The molecule has 1 aromatic rings. The van der Waals surface area contributed by atoms with Crippen molar-refractivity contribution in [1.29, 1.82) is 0 Å². The van der Waals surface area contributed by atoms with E-state index in [2.05, 4.69) is 18.4 Å². The number of nitrogens with zero attached hydrogens (tertiary/aromatic N) is 2. The maximum Gasteiger partial charge on any atom is 0.534 e. The van der Waals surface area contributed by atoms with Crippen LogP contribution in [0.5, 0.6) is 11.5 Å². The summed E-state index contributed by atoms with van der Waals surface area (Å²) in [4.78, 5) is 8.27. The average molecular weight is 496 g/mol. The molecule has 0 atom stereocenters. The van der Waals surface area contributed by atoms with Gasteiger partial charge in [0.05, 0.1) is 0 Å². The summed E-state index contributed by atoms with van der Waals surface area (Å²) in [5.41, 5.74) is -13.3. The SMILES string of the molecule is Cc1cc(OS(=O)(=O)C(F)(F)F)c2c(c1OS(=O)(=O)C(F)(F)F)=NC1(CCCCC1)N=2. The first-order valence-electron chi connectivity index (χ1n) is 8.63. The molecule has 1 aliphatic carbocycles. The molecule has 0 bridgehead atoms. The second-order valence-corrected chi connectivity index (χ2v) is 10.0. The second-order valence-electron chi connectivity index (χ2n) is 6.95. The maximum absolute atomic E-state index is 12.8. The lowest BCUT2D eigenvalue weighted by Crippen LogP contribution is -2.35. The molecular weight excluding hydrogens is 482 g/mol. The molecule has 3 rings (SSSR count). The Labute approximate surface area is 171 Å². The Hall–Kier alpha value is -2.10. The lowest BCUT2D eigenvalue weighted by Gasteiger charge is -2.27. The minimum atomic E-state index is -6.15. The van der Waals surface area contributed by atoms with E-state index in [-0.39, 0.29) is 12.8 Å². The number of rotatable bonds is 4. The molecule has 1 saturated carbocycles. The third-order valence-electron chi connectivity index (χ3n) is 4.63. The van der Waals surface area contributed by atoms with Crippen molar-refractivity contribution in [2.45, 2.75) is 55.7 Å². The van der Waals surface area contributed by atoms with Crippen LogP contribution >= 0.6 is 0 Å². The van der Waals surface area contributed by atoms with Crippen LogP contribution in [0, 0.1) is 6.92 Å². The molecule has 1 spiro atoms. The van der Waals surface area contributed by atoms with E-state index in [9.17, 15) is 43.2 Å². The van der Waals surface area contributed by atoms with Gasteiger partial charge in [0.1, 0.15) is 10.7 Å². The monoisotopic (exact) mass is 496 g/mol. The lowest BCUT2D eigenvalue weighted by atomic mass is 9.90. The minimum absolute atomic E-state index is 0.262. The summed E-state index contributed by atoms with van der Waals surface area (Å²) < 4.78 is 131. The van der Waals surface area contributed by atoms with Crippen molar-refractivity contribution in [2.75, 3.05) is 0 Å². The van der Waals surface area contributed by atoms with Gasteiger partial charge in [-0.1, -0.05) is 6.42 Å². The molecule has 0 N–H and O–H groups in total. The minimum Gasteiger partial charge on any atom is -0.374 e. The Morgan fingerprint density at radius 3 is 1.84 bits per heavy atom. The van der Waals surface area contributed by atoms with Crippen molar-refractivity contribution in [3.63, 3.8) is 0 Å². The highest BCUT2D eigenvalue weighted by molar-refractivity contribution is 7.88. The number of alkyl halides is 6. The van der Waals surface area contributed by atoms with Gasteiger partial charge in [0.25, 0.3) is 0 Å². The summed E-state index contributed by atoms with van der Waals surface area (Å²) >= 11 is 0. The second kappa shape index (κ2) is 7.21. The summed E-state index contributed by atoms with van der Waals surface area (Å²) in [7, 11) is -12.3. The summed E-state index contributed by atoms with van der Waals surface area (Å²) in [5, 5.41) is -1.25. The first-order valence-corrected chi connectivity index (χ1v) is 11.4. The summed E-state index contributed by atoms with van der Waals surface area (Å²) in [6.07, 6.45) is 2.46. The smallest absolute Gasteiger partial charge is 0.374 e. The molecule has 0 aromatic heterocycles. The molecule has 174 valence electrons. The number of hydrogen-bond acceptors (Lipinski definition) is 8. The van der Waals surface area contributed by atoms with Gasteiger partial charge in [-0.2, -0.15) is 43.2 Å². The topological polar surface area (TPSA) is 111 Å². The van der Waals surface area contributed by atoms with Gasteiger partial charge in [0.15, 0.2) is 17.2 Å². The molecule has 2 aliphatic rings. The van der Waals surface area contributed by atoms with Crippen LogP contribution < -0.4 is 19.1 Å². The number of hydrogen-bond donors (Lipinski definition) is 0. The number of aryl methyl sites for hydroxylation is 1. The largest absolute Gasteiger partial charge is 0.534 e. The van der Waals surface area contributed by atoms with Crippen molar-refractivity contribution in [2.24, 2.45) is 9.98 Å². The molecule has 16 heteroatoms. The fourth-order valence-electron chi connectivity index (χ4n) is 3.23.